The molecule has 1 aromatic heterocycles. The average molecular weight is 568 g/mol. The molecule has 40 heavy (non-hydrogen) atoms. The smallest absolute Gasteiger partial charge is 0.261 e. The molecule has 3 saturated heterocycles. The zero-order valence-corrected chi connectivity index (χ0v) is 24.1. The molecule has 0 aliphatic carbocycles. The Kier molecular flexibility index (Phi) is 8.14. The third-order valence-corrected chi connectivity index (χ3v) is 8.96. The van der Waals surface area contributed by atoms with E-state index in [1.165, 1.54) is 28.6 Å². The van der Waals surface area contributed by atoms with Gasteiger partial charge in [-0.15, -0.1) is 0 Å². The van der Waals surface area contributed by atoms with Crippen LogP contribution in [0.2, 0.25) is 0 Å². The number of halogens is 1. The monoisotopic (exact) mass is 567 g/mol. The number of anilines is 1. The first-order chi connectivity index (χ1) is 19.4. The number of nitrogens with two attached hydrogens (primary N) is 1. The Hall–Kier alpha value is -2.50. The third kappa shape index (κ3) is 5.65. The van der Waals surface area contributed by atoms with Crippen LogP contribution in [0.1, 0.15) is 41.5 Å². The zero-order chi connectivity index (χ0) is 27.8. The van der Waals surface area contributed by atoms with E-state index in [4.69, 9.17) is 19.6 Å². The lowest BCUT2D eigenvalue weighted by Crippen LogP contribution is -2.55. The highest BCUT2D eigenvalue weighted by atomic mass is 32.2. The molecule has 2 N–H and O–H groups in total. The van der Waals surface area contributed by atoms with Crippen molar-refractivity contribution in [3.63, 3.8) is 0 Å². The molecule has 2 aromatic carbocycles. The molecule has 0 saturated carbocycles. The molecule has 214 valence electrons. The van der Waals surface area contributed by atoms with Crippen molar-refractivity contribution in [2.24, 2.45) is 5.14 Å². The summed E-state index contributed by atoms with van der Waals surface area (Å²) in [6, 6.07) is 10.2. The van der Waals surface area contributed by atoms with Gasteiger partial charge in [-0.3, -0.25) is 19.4 Å². The van der Waals surface area contributed by atoms with Crippen LogP contribution < -0.4 is 15.6 Å². The van der Waals surface area contributed by atoms with Gasteiger partial charge in [-0.25, -0.2) is 9.37 Å². The predicted molar refractivity (Wildman–Crippen MR) is 157 cm³/mol. The van der Waals surface area contributed by atoms with Crippen molar-refractivity contribution < 1.29 is 13.9 Å². The van der Waals surface area contributed by atoms with Gasteiger partial charge in [0.2, 0.25) is 0 Å². The number of aryl methyl sites for hydroxylation is 2. The Morgan fingerprint density at radius 2 is 1.90 bits per heavy atom. The van der Waals surface area contributed by atoms with Gasteiger partial charge in [-0.05, 0) is 92.1 Å². The maximum Gasteiger partial charge on any atom is 0.261 e. The highest BCUT2D eigenvalue weighted by Crippen LogP contribution is 2.30. The second kappa shape index (κ2) is 11.8. The minimum atomic E-state index is -0.711. The number of nitrogens with zero attached hydrogens (tertiary/aromatic N) is 4. The number of ether oxygens (including phenoxy) is 2. The van der Waals surface area contributed by atoms with E-state index in [0.29, 0.717) is 43.8 Å². The van der Waals surface area contributed by atoms with Crippen molar-refractivity contribution in [1.82, 2.24) is 14.5 Å². The number of benzene rings is 2. The maximum absolute atomic E-state index is 13.9. The Morgan fingerprint density at radius 3 is 2.60 bits per heavy atom. The SMILES string of the molecule is Cc1cc(SN)cc(C)c1CCn1c(C2CCCO2)nc2cc(N3CCOC(CN4CC(F)C4)C3)ccc2c1=O. The number of alkyl halides is 1. The van der Waals surface area contributed by atoms with Crippen LogP contribution >= 0.6 is 11.9 Å². The fraction of sp³-hybridized carbons (Fsp3) is 0.533. The van der Waals surface area contributed by atoms with Gasteiger partial charge in [-0.1, -0.05) is 0 Å². The van der Waals surface area contributed by atoms with Crippen molar-refractivity contribution >= 4 is 28.5 Å². The van der Waals surface area contributed by atoms with Crippen LogP contribution in [0.25, 0.3) is 10.9 Å². The minimum absolute atomic E-state index is 0.0232. The van der Waals surface area contributed by atoms with E-state index in [9.17, 15) is 9.18 Å². The summed E-state index contributed by atoms with van der Waals surface area (Å²) in [4.78, 5) is 24.4. The normalized spacial score (nSPS) is 22.2. The van der Waals surface area contributed by atoms with Gasteiger partial charge >= 0.3 is 0 Å². The molecule has 10 heteroatoms. The Balaban J connectivity index is 1.28. The highest BCUT2D eigenvalue weighted by Gasteiger charge is 2.31. The van der Waals surface area contributed by atoms with Crippen molar-refractivity contribution in [2.75, 3.05) is 50.8 Å². The molecule has 2 unspecified atom stereocenters. The Morgan fingerprint density at radius 1 is 1.10 bits per heavy atom. The molecule has 0 spiro atoms. The lowest BCUT2D eigenvalue weighted by atomic mass is 10.00. The van der Waals surface area contributed by atoms with Gasteiger partial charge in [0.25, 0.3) is 5.56 Å². The summed E-state index contributed by atoms with van der Waals surface area (Å²) in [5.41, 5.74) is 5.30. The standard InChI is InChI=1S/C30H38FN5O3S/c1-19-12-24(40-32)13-20(2)25(19)7-8-36-29(28-4-3-10-39-28)33-27-14-22(5-6-26(27)30(36)37)35-9-11-38-23(18-35)17-34-15-21(31)16-34/h5-6,12-14,21,23,28H,3-4,7-11,15-18,32H2,1-2H3. The van der Waals surface area contributed by atoms with E-state index in [0.717, 1.165) is 55.3 Å². The van der Waals surface area contributed by atoms with E-state index >= 15 is 0 Å². The van der Waals surface area contributed by atoms with Crippen LogP contribution in [-0.2, 0) is 22.4 Å². The zero-order valence-electron chi connectivity index (χ0n) is 23.3. The topological polar surface area (TPSA) is 85.8 Å². The lowest BCUT2D eigenvalue weighted by molar-refractivity contribution is -0.0202. The van der Waals surface area contributed by atoms with E-state index in [-0.39, 0.29) is 17.8 Å². The van der Waals surface area contributed by atoms with Crippen LogP contribution in [-0.4, -0.2) is 72.7 Å². The molecule has 3 aliphatic rings. The van der Waals surface area contributed by atoms with Gasteiger partial charge in [0, 0.05) is 56.5 Å². The average Bonchev–Trinajstić information content (AvgIpc) is 3.47. The fourth-order valence-corrected chi connectivity index (χ4v) is 6.80. The van der Waals surface area contributed by atoms with Crippen LogP contribution in [0.3, 0.4) is 0 Å². The first kappa shape index (κ1) is 27.7. The lowest BCUT2D eigenvalue weighted by Gasteiger charge is -2.40. The summed E-state index contributed by atoms with van der Waals surface area (Å²) in [5.74, 6) is 0.718. The number of aromatic nitrogens is 2. The quantitative estimate of drug-likeness (QED) is 0.410. The maximum atomic E-state index is 13.9. The minimum Gasteiger partial charge on any atom is -0.373 e. The number of likely N-dealkylation sites (tertiary alicyclic amines) is 1. The number of fused-ring (bicyclic) bond motifs is 1. The number of hydrogen-bond acceptors (Lipinski definition) is 8. The van der Waals surface area contributed by atoms with Gasteiger partial charge in [0.1, 0.15) is 18.1 Å². The largest absolute Gasteiger partial charge is 0.373 e. The number of rotatable bonds is 8. The molecule has 3 fully saturated rings. The summed E-state index contributed by atoms with van der Waals surface area (Å²) < 4.78 is 27.1. The molecule has 3 aliphatic heterocycles. The Labute approximate surface area is 238 Å². The van der Waals surface area contributed by atoms with Gasteiger partial charge in [0.15, 0.2) is 0 Å². The van der Waals surface area contributed by atoms with Crippen LogP contribution in [0.15, 0.2) is 40.0 Å². The molecule has 2 atom stereocenters. The van der Waals surface area contributed by atoms with Crippen molar-refractivity contribution in [2.45, 2.75) is 62.9 Å². The Bertz CT molecular complexity index is 1410. The fourth-order valence-electron chi connectivity index (χ4n) is 6.31. The van der Waals surface area contributed by atoms with Crippen molar-refractivity contribution in [3.05, 3.63) is 63.2 Å². The van der Waals surface area contributed by atoms with Crippen LogP contribution in [0, 0.1) is 13.8 Å². The molecule has 0 amide bonds. The molecule has 4 heterocycles. The van der Waals surface area contributed by atoms with Crippen LogP contribution in [0.4, 0.5) is 10.1 Å². The predicted octanol–water partition coefficient (Wildman–Crippen LogP) is 3.93. The third-order valence-electron chi connectivity index (χ3n) is 8.46. The first-order valence-electron chi connectivity index (χ1n) is 14.3. The second-order valence-electron chi connectivity index (χ2n) is 11.3. The first-order valence-corrected chi connectivity index (χ1v) is 15.1. The van der Waals surface area contributed by atoms with E-state index < -0.39 is 6.17 Å². The van der Waals surface area contributed by atoms with E-state index in [1.807, 2.05) is 22.8 Å². The van der Waals surface area contributed by atoms with E-state index in [1.54, 1.807) is 0 Å². The summed E-state index contributed by atoms with van der Waals surface area (Å²) in [6.45, 7) is 9.27. The van der Waals surface area contributed by atoms with Crippen molar-refractivity contribution in [1.29, 1.82) is 0 Å². The van der Waals surface area contributed by atoms with Crippen LogP contribution in [0.5, 0.6) is 0 Å². The second-order valence-corrected chi connectivity index (χ2v) is 12.0. The highest BCUT2D eigenvalue weighted by molar-refractivity contribution is 7.97. The van der Waals surface area contributed by atoms with E-state index in [2.05, 4.69) is 35.8 Å². The summed E-state index contributed by atoms with van der Waals surface area (Å²) in [5, 5.41) is 6.41. The molecular formula is C30H38FN5O3S. The summed E-state index contributed by atoms with van der Waals surface area (Å²) in [6.07, 6.45) is 1.70. The molecule has 8 nitrogen and oxygen atoms in total. The molecule has 6 rings (SSSR count). The van der Waals surface area contributed by atoms with Gasteiger partial charge in [-0.2, -0.15) is 0 Å². The summed E-state index contributed by atoms with van der Waals surface area (Å²) in [7, 11) is 0. The van der Waals surface area contributed by atoms with Gasteiger partial charge < -0.3 is 14.4 Å². The van der Waals surface area contributed by atoms with Gasteiger partial charge in [0.05, 0.1) is 23.6 Å². The number of hydrogen-bond donors (Lipinski definition) is 1. The molecule has 3 aromatic rings. The molecular weight excluding hydrogens is 529 g/mol. The van der Waals surface area contributed by atoms with Crippen molar-refractivity contribution in [3.8, 4) is 0 Å². The number of morpholine rings is 1. The summed E-state index contributed by atoms with van der Waals surface area (Å²) >= 11 is 1.25. The molecule has 0 bridgehead atoms. The molecule has 0 radical (unpaired) electrons.